The van der Waals surface area contributed by atoms with Crippen molar-refractivity contribution in [3.63, 3.8) is 0 Å². The lowest BCUT2D eigenvalue weighted by Gasteiger charge is -2.32. The Morgan fingerprint density at radius 2 is 1.42 bits per heavy atom. The number of carbonyl (C=O) groups excluding carboxylic acids is 1. The van der Waals surface area contributed by atoms with Crippen LogP contribution in [0.4, 0.5) is 0 Å². The third kappa shape index (κ3) is 3.65. The summed E-state index contributed by atoms with van der Waals surface area (Å²) < 4.78 is 0. The summed E-state index contributed by atoms with van der Waals surface area (Å²) >= 11 is 0. The number of nitrogens with zero attached hydrogens (tertiary/aromatic N) is 2. The zero-order chi connectivity index (χ0) is 18.4. The summed E-state index contributed by atoms with van der Waals surface area (Å²) in [6.07, 6.45) is 4.17. The second kappa shape index (κ2) is 7.93. The fourth-order valence-corrected chi connectivity index (χ4v) is 3.00. The Balaban J connectivity index is 1.88. The quantitative estimate of drug-likeness (QED) is 0.746. The molecule has 0 fully saturated rings. The molecule has 3 aromatic rings. The molecule has 0 unspecified atom stereocenters. The predicted octanol–water partition coefficient (Wildman–Crippen LogP) is 3.02. The summed E-state index contributed by atoms with van der Waals surface area (Å²) in [5.41, 5.74) is 0.511. The molecule has 1 aromatic heterocycles. The molecule has 0 saturated heterocycles. The van der Waals surface area contributed by atoms with Crippen LogP contribution in [0.2, 0.25) is 0 Å². The van der Waals surface area contributed by atoms with Crippen molar-refractivity contribution in [1.29, 1.82) is 0 Å². The predicted molar refractivity (Wildman–Crippen MR) is 101 cm³/mol. The fourth-order valence-electron chi connectivity index (χ4n) is 3.00. The van der Waals surface area contributed by atoms with Crippen molar-refractivity contribution < 1.29 is 9.90 Å². The Hall–Kier alpha value is -2.98. The molecule has 4 nitrogen and oxygen atoms in total. The number of likely N-dealkylation sites (N-methyl/N-ethyl adjacent to an activating group) is 1. The molecular formula is C22H22N2O2. The van der Waals surface area contributed by atoms with Gasteiger partial charge >= 0.3 is 0 Å². The van der Waals surface area contributed by atoms with E-state index in [1.165, 1.54) is 0 Å². The SMILES string of the molecule is CN(CCc1ccncc1)C(=O)C(O)(c1ccccc1)c1ccccc1. The molecule has 0 bridgehead atoms. The van der Waals surface area contributed by atoms with Gasteiger partial charge in [0.15, 0.2) is 5.60 Å². The van der Waals surface area contributed by atoms with Gasteiger partial charge in [-0.25, -0.2) is 0 Å². The molecule has 4 heteroatoms. The third-order valence-electron chi connectivity index (χ3n) is 4.52. The smallest absolute Gasteiger partial charge is 0.263 e. The van der Waals surface area contributed by atoms with Crippen LogP contribution >= 0.6 is 0 Å². The monoisotopic (exact) mass is 346 g/mol. The molecule has 1 N–H and O–H groups in total. The Labute approximate surface area is 153 Å². The van der Waals surface area contributed by atoms with Crippen molar-refractivity contribution in [1.82, 2.24) is 9.88 Å². The number of pyridine rings is 1. The maximum absolute atomic E-state index is 13.3. The Morgan fingerprint density at radius 3 is 1.92 bits per heavy atom. The molecule has 0 spiro atoms. The molecule has 0 atom stereocenters. The molecule has 2 aromatic carbocycles. The van der Waals surface area contributed by atoms with E-state index in [0.29, 0.717) is 24.1 Å². The minimum absolute atomic E-state index is 0.344. The van der Waals surface area contributed by atoms with Crippen molar-refractivity contribution in [3.8, 4) is 0 Å². The van der Waals surface area contributed by atoms with Gasteiger partial charge in [0, 0.05) is 26.0 Å². The van der Waals surface area contributed by atoms with Crippen LogP contribution in [0.15, 0.2) is 85.2 Å². The highest BCUT2D eigenvalue weighted by Gasteiger charge is 2.41. The Bertz CT molecular complexity index is 796. The van der Waals surface area contributed by atoms with Crippen molar-refractivity contribution in [2.45, 2.75) is 12.0 Å². The van der Waals surface area contributed by atoms with E-state index in [1.54, 1.807) is 48.6 Å². The number of benzene rings is 2. The molecule has 132 valence electrons. The molecule has 0 aliphatic heterocycles. The summed E-state index contributed by atoms with van der Waals surface area (Å²) in [5, 5.41) is 11.5. The lowest BCUT2D eigenvalue weighted by Crippen LogP contribution is -2.46. The number of hydrogen-bond acceptors (Lipinski definition) is 3. The summed E-state index contributed by atoms with van der Waals surface area (Å²) in [7, 11) is 1.72. The van der Waals surface area contributed by atoms with Crippen LogP contribution in [0.3, 0.4) is 0 Å². The van der Waals surface area contributed by atoms with Gasteiger partial charge in [0.25, 0.3) is 5.91 Å². The maximum Gasteiger partial charge on any atom is 0.263 e. The highest BCUT2D eigenvalue weighted by atomic mass is 16.3. The standard InChI is InChI=1S/C22H22N2O2/c1-24(17-14-18-12-15-23-16-13-18)21(25)22(26,19-8-4-2-5-9-19)20-10-6-3-7-11-20/h2-13,15-16,26H,14,17H2,1H3. The van der Waals surface area contributed by atoms with Gasteiger partial charge in [0.2, 0.25) is 0 Å². The molecular weight excluding hydrogens is 324 g/mol. The highest BCUT2D eigenvalue weighted by Crippen LogP contribution is 2.31. The van der Waals surface area contributed by atoms with E-state index in [9.17, 15) is 9.90 Å². The maximum atomic E-state index is 13.3. The van der Waals surface area contributed by atoms with E-state index < -0.39 is 5.60 Å². The lowest BCUT2D eigenvalue weighted by atomic mass is 9.85. The molecule has 0 radical (unpaired) electrons. The van der Waals surface area contributed by atoms with Crippen LogP contribution in [-0.4, -0.2) is 34.5 Å². The largest absolute Gasteiger partial charge is 0.372 e. The Kier molecular flexibility index (Phi) is 5.44. The van der Waals surface area contributed by atoms with Gasteiger partial charge in [-0.05, 0) is 35.2 Å². The van der Waals surface area contributed by atoms with Crippen LogP contribution < -0.4 is 0 Å². The number of rotatable bonds is 6. The summed E-state index contributed by atoms with van der Waals surface area (Å²) in [6.45, 7) is 0.505. The molecule has 0 aliphatic rings. The van der Waals surface area contributed by atoms with Crippen LogP contribution in [0.5, 0.6) is 0 Å². The Morgan fingerprint density at radius 1 is 0.923 bits per heavy atom. The van der Waals surface area contributed by atoms with Gasteiger partial charge in [0.1, 0.15) is 0 Å². The minimum Gasteiger partial charge on any atom is -0.372 e. The first-order chi connectivity index (χ1) is 12.6. The first kappa shape index (κ1) is 17.8. The second-order valence-corrected chi connectivity index (χ2v) is 6.27. The molecule has 3 rings (SSSR count). The van der Waals surface area contributed by atoms with E-state index in [1.807, 2.05) is 48.5 Å². The van der Waals surface area contributed by atoms with Crippen LogP contribution in [-0.2, 0) is 16.8 Å². The topological polar surface area (TPSA) is 53.4 Å². The zero-order valence-corrected chi connectivity index (χ0v) is 14.7. The number of aromatic nitrogens is 1. The highest BCUT2D eigenvalue weighted by molar-refractivity contribution is 5.90. The first-order valence-electron chi connectivity index (χ1n) is 8.60. The fraction of sp³-hybridized carbons (Fsp3) is 0.182. The van der Waals surface area contributed by atoms with Crippen molar-refractivity contribution >= 4 is 5.91 Å². The summed E-state index contributed by atoms with van der Waals surface area (Å²) in [5.74, 6) is -0.344. The first-order valence-corrected chi connectivity index (χ1v) is 8.60. The van der Waals surface area contributed by atoms with Gasteiger partial charge in [-0.1, -0.05) is 60.7 Å². The molecule has 1 amide bonds. The molecule has 26 heavy (non-hydrogen) atoms. The van der Waals surface area contributed by atoms with Gasteiger partial charge in [0.05, 0.1) is 0 Å². The van der Waals surface area contributed by atoms with Crippen LogP contribution in [0.25, 0.3) is 0 Å². The van der Waals surface area contributed by atoms with Gasteiger partial charge in [-0.2, -0.15) is 0 Å². The van der Waals surface area contributed by atoms with Crippen molar-refractivity contribution in [2.75, 3.05) is 13.6 Å². The molecule has 0 aliphatic carbocycles. The number of aliphatic hydroxyl groups is 1. The zero-order valence-electron chi connectivity index (χ0n) is 14.7. The third-order valence-corrected chi connectivity index (χ3v) is 4.52. The number of carbonyl (C=O) groups is 1. The van der Waals surface area contributed by atoms with E-state index in [0.717, 1.165) is 5.56 Å². The second-order valence-electron chi connectivity index (χ2n) is 6.27. The minimum atomic E-state index is -1.71. The average Bonchev–Trinajstić information content (AvgIpc) is 2.73. The average molecular weight is 346 g/mol. The van der Waals surface area contributed by atoms with E-state index in [-0.39, 0.29) is 5.91 Å². The van der Waals surface area contributed by atoms with Gasteiger partial charge in [-0.3, -0.25) is 9.78 Å². The van der Waals surface area contributed by atoms with Gasteiger partial charge in [-0.15, -0.1) is 0 Å². The van der Waals surface area contributed by atoms with Crippen molar-refractivity contribution in [2.24, 2.45) is 0 Å². The number of amides is 1. The van der Waals surface area contributed by atoms with E-state index >= 15 is 0 Å². The molecule has 1 heterocycles. The summed E-state index contributed by atoms with van der Waals surface area (Å²) in [4.78, 5) is 18.8. The molecule has 0 saturated carbocycles. The van der Waals surface area contributed by atoms with Crippen LogP contribution in [0, 0.1) is 0 Å². The van der Waals surface area contributed by atoms with E-state index in [2.05, 4.69) is 4.98 Å². The normalized spacial score (nSPS) is 11.2. The van der Waals surface area contributed by atoms with Crippen molar-refractivity contribution in [3.05, 3.63) is 102 Å². The van der Waals surface area contributed by atoms with Crippen LogP contribution in [0.1, 0.15) is 16.7 Å². The van der Waals surface area contributed by atoms with Gasteiger partial charge < -0.3 is 10.0 Å². The summed E-state index contributed by atoms with van der Waals surface area (Å²) in [6, 6.07) is 22.0. The lowest BCUT2D eigenvalue weighted by molar-refractivity contribution is -0.146. The van der Waals surface area contributed by atoms with E-state index in [4.69, 9.17) is 0 Å². The number of hydrogen-bond donors (Lipinski definition) is 1.